The minimum absolute atomic E-state index is 0.0133. The van der Waals surface area contributed by atoms with Gasteiger partial charge in [-0.25, -0.2) is 0 Å². The lowest BCUT2D eigenvalue weighted by molar-refractivity contribution is 0.465. The molecule has 2 aliphatic heterocycles. The Balaban J connectivity index is 1.09. The van der Waals surface area contributed by atoms with Crippen LogP contribution in [0.25, 0.3) is 55.3 Å². The summed E-state index contributed by atoms with van der Waals surface area (Å²) in [5.74, 6) is 3.21. The number of para-hydroxylation sites is 2. The second kappa shape index (κ2) is 14.4. The van der Waals surface area contributed by atoms with Gasteiger partial charge in [-0.15, -0.1) is 0 Å². The molecule has 4 nitrogen and oxygen atoms in total. The van der Waals surface area contributed by atoms with E-state index in [1.165, 1.54) is 5.56 Å². The van der Waals surface area contributed by atoms with Crippen molar-refractivity contribution in [3.05, 3.63) is 206 Å². The normalized spacial score (nSPS) is 12.6. The summed E-state index contributed by atoms with van der Waals surface area (Å²) in [5, 5.41) is 2.12. The van der Waals surface area contributed by atoms with Crippen LogP contribution in [-0.2, 0) is 5.41 Å². The highest BCUT2D eigenvalue weighted by Crippen LogP contribution is 2.47. The van der Waals surface area contributed by atoms with Gasteiger partial charge in [-0.3, -0.25) is 0 Å². The van der Waals surface area contributed by atoms with Gasteiger partial charge in [-0.2, -0.15) is 0 Å². The molecule has 10 aromatic rings. The van der Waals surface area contributed by atoms with E-state index in [1.807, 2.05) is 6.07 Å². The fraction of sp³-hybridized carbons (Fsp3) is 0.0690. The maximum Gasteiger partial charge on any atom is 0.260 e. The molecule has 0 saturated heterocycles. The van der Waals surface area contributed by atoms with Gasteiger partial charge in [0.2, 0.25) is 0 Å². The van der Waals surface area contributed by atoms with Gasteiger partial charge in [-0.05, 0) is 80.1 Å². The third-order valence-corrected chi connectivity index (χ3v) is 12.8. The topological polar surface area (TPSA) is 34.8 Å². The second-order valence-electron chi connectivity index (χ2n) is 17.7. The molecule has 0 saturated carbocycles. The van der Waals surface area contributed by atoms with Crippen molar-refractivity contribution in [2.45, 2.75) is 26.2 Å². The van der Waals surface area contributed by atoms with Crippen LogP contribution in [0.2, 0.25) is 0 Å². The first kappa shape index (κ1) is 37.0. The van der Waals surface area contributed by atoms with E-state index in [2.05, 4.69) is 220 Å². The largest absolute Gasteiger partial charge is 0.458 e. The third kappa shape index (κ3) is 6.22. The van der Waals surface area contributed by atoms with E-state index in [0.717, 1.165) is 112 Å². The van der Waals surface area contributed by atoms with Gasteiger partial charge in [0.15, 0.2) is 5.58 Å². The molecule has 0 amide bonds. The van der Waals surface area contributed by atoms with Crippen LogP contribution in [0.3, 0.4) is 0 Å². The van der Waals surface area contributed by atoms with Crippen LogP contribution in [0.15, 0.2) is 205 Å². The predicted octanol–water partition coefficient (Wildman–Crippen LogP) is 14.1. The smallest absolute Gasteiger partial charge is 0.260 e. The van der Waals surface area contributed by atoms with Crippen LogP contribution in [0.4, 0.5) is 17.1 Å². The minimum atomic E-state index is -0.0964. The average molecular weight is 812 g/mol. The second-order valence-corrected chi connectivity index (χ2v) is 17.7. The Bertz CT molecular complexity index is 3260. The van der Waals surface area contributed by atoms with Crippen molar-refractivity contribution in [1.29, 1.82) is 0 Å². The molecule has 1 aromatic heterocycles. The molecular formula is C58H42BNO3. The number of fused-ring (bicyclic) bond motifs is 7. The van der Waals surface area contributed by atoms with Crippen molar-refractivity contribution < 1.29 is 13.9 Å². The van der Waals surface area contributed by atoms with E-state index in [4.69, 9.17) is 13.9 Å². The number of hydrogen-bond acceptors (Lipinski definition) is 4. The van der Waals surface area contributed by atoms with Crippen molar-refractivity contribution in [3.8, 4) is 56.4 Å². The van der Waals surface area contributed by atoms with Crippen molar-refractivity contribution in [2.75, 3.05) is 4.90 Å². The molecule has 12 rings (SSSR count). The number of ether oxygens (including phenoxy) is 2. The summed E-state index contributed by atoms with van der Waals surface area (Å²) in [5.41, 5.74) is 15.6. The monoisotopic (exact) mass is 811 g/mol. The van der Waals surface area contributed by atoms with Crippen molar-refractivity contribution in [3.63, 3.8) is 0 Å². The third-order valence-electron chi connectivity index (χ3n) is 12.8. The Labute approximate surface area is 367 Å². The molecule has 0 aliphatic carbocycles. The first-order valence-corrected chi connectivity index (χ1v) is 21.7. The molecule has 63 heavy (non-hydrogen) atoms. The highest BCUT2D eigenvalue weighted by Gasteiger charge is 2.41. The summed E-state index contributed by atoms with van der Waals surface area (Å²) >= 11 is 0. The highest BCUT2D eigenvalue weighted by atomic mass is 16.5. The Morgan fingerprint density at radius 1 is 0.413 bits per heavy atom. The Hall–Kier alpha value is -7.76. The number of furan rings is 1. The maximum atomic E-state index is 7.09. The van der Waals surface area contributed by atoms with Gasteiger partial charge in [0.05, 0.1) is 11.4 Å². The van der Waals surface area contributed by atoms with E-state index in [1.54, 1.807) is 0 Å². The number of nitrogens with zero attached hydrogens (tertiary/aromatic N) is 1. The van der Waals surface area contributed by atoms with Crippen molar-refractivity contribution in [2.24, 2.45) is 0 Å². The Morgan fingerprint density at radius 3 is 1.49 bits per heavy atom. The molecule has 2 aliphatic rings. The number of benzene rings is 9. The van der Waals surface area contributed by atoms with Gasteiger partial charge in [-0.1, -0.05) is 178 Å². The molecule has 5 heteroatoms. The molecule has 300 valence electrons. The van der Waals surface area contributed by atoms with Gasteiger partial charge < -0.3 is 18.8 Å². The van der Waals surface area contributed by atoms with Gasteiger partial charge in [0, 0.05) is 39.6 Å². The first-order valence-electron chi connectivity index (χ1n) is 21.7. The number of anilines is 3. The molecule has 0 atom stereocenters. The van der Waals surface area contributed by atoms with Crippen molar-refractivity contribution in [1.82, 2.24) is 0 Å². The lowest BCUT2D eigenvalue weighted by Gasteiger charge is -2.35. The zero-order valence-corrected chi connectivity index (χ0v) is 35.3. The Morgan fingerprint density at radius 2 is 0.937 bits per heavy atom. The van der Waals surface area contributed by atoms with E-state index < -0.39 is 0 Å². The molecule has 0 radical (unpaired) electrons. The summed E-state index contributed by atoms with van der Waals surface area (Å²) in [6.45, 7) is 6.66. The average Bonchev–Trinajstić information content (AvgIpc) is 3.72. The van der Waals surface area contributed by atoms with E-state index >= 15 is 0 Å². The lowest BCUT2D eigenvalue weighted by atomic mass is 9.34. The van der Waals surface area contributed by atoms with Crippen LogP contribution in [-0.4, -0.2) is 6.71 Å². The molecule has 0 unspecified atom stereocenters. The van der Waals surface area contributed by atoms with E-state index in [9.17, 15) is 0 Å². The van der Waals surface area contributed by atoms with Crippen LogP contribution in [0.5, 0.6) is 23.0 Å². The summed E-state index contributed by atoms with van der Waals surface area (Å²) in [7, 11) is 0. The predicted molar refractivity (Wildman–Crippen MR) is 261 cm³/mol. The summed E-state index contributed by atoms with van der Waals surface area (Å²) in [6.07, 6.45) is 0. The van der Waals surface area contributed by atoms with E-state index in [0.29, 0.717) is 0 Å². The quantitative estimate of drug-likeness (QED) is 0.157. The zero-order chi connectivity index (χ0) is 42.2. The lowest BCUT2D eigenvalue weighted by Crippen LogP contribution is -2.57. The molecule has 0 bridgehead atoms. The highest BCUT2D eigenvalue weighted by molar-refractivity contribution is 6.98. The van der Waals surface area contributed by atoms with Gasteiger partial charge >= 0.3 is 0 Å². The molecule has 9 aromatic carbocycles. The molecular weight excluding hydrogens is 769 g/mol. The zero-order valence-electron chi connectivity index (χ0n) is 35.3. The van der Waals surface area contributed by atoms with Crippen molar-refractivity contribution >= 4 is 62.1 Å². The molecule has 0 N–H and O–H groups in total. The van der Waals surface area contributed by atoms with Crippen LogP contribution in [0, 0.1) is 0 Å². The SMILES string of the molecule is CC(C)(C)c1ccc(N(c2cc3c4c(c2)Oc2cc(-c5ccccc5)ccc2B4c2ccc(-c4ccccc4)cc2O3)c2cccc3c2oc2c(-c4ccccc4)cccc23)cc1. The maximum absolute atomic E-state index is 7.09. The summed E-state index contributed by atoms with van der Waals surface area (Å²) in [4.78, 5) is 2.30. The first-order chi connectivity index (χ1) is 30.9. The van der Waals surface area contributed by atoms with Crippen LogP contribution >= 0.6 is 0 Å². The minimum Gasteiger partial charge on any atom is -0.458 e. The molecule has 3 heterocycles. The number of rotatable bonds is 6. The summed E-state index contributed by atoms with van der Waals surface area (Å²) < 4.78 is 21.2. The van der Waals surface area contributed by atoms with Crippen LogP contribution in [0.1, 0.15) is 26.3 Å². The van der Waals surface area contributed by atoms with Gasteiger partial charge in [0.1, 0.15) is 28.6 Å². The number of hydrogen-bond donors (Lipinski definition) is 0. The standard InChI is InChI=1S/C58H42BNO3/c1-58(2,3)42-27-29-43(30-28-42)60(50-24-14-23-47-46-22-13-21-45(56(46)63-57(47)50)39-19-11-6-12-20-39)44-35-53-55-54(36-44)62-52-34-41(38-17-9-5-10-18-38)26-32-49(52)59(55)48-31-25-40(33-51(48)61-53)37-15-7-4-8-16-37/h4-36H,1-3H3. The fourth-order valence-corrected chi connectivity index (χ4v) is 9.59. The summed E-state index contributed by atoms with van der Waals surface area (Å²) in [6, 6.07) is 70.9. The Kier molecular flexibility index (Phi) is 8.48. The molecule has 0 spiro atoms. The van der Waals surface area contributed by atoms with Crippen LogP contribution < -0.4 is 30.8 Å². The van der Waals surface area contributed by atoms with E-state index in [-0.39, 0.29) is 12.1 Å². The van der Waals surface area contributed by atoms with Gasteiger partial charge in [0.25, 0.3) is 6.71 Å². The fourth-order valence-electron chi connectivity index (χ4n) is 9.59. The molecule has 0 fully saturated rings.